The van der Waals surface area contributed by atoms with Gasteiger partial charge in [0.05, 0.1) is 17.6 Å². The van der Waals surface area contributed by atoms with Crippen molar-refractivity contribution in [2.45, 2.75) is 36.1 Å². The molecular weight excluding hydrogens is 511 g/mol. The predicted octanol–water partition coefficient (Wildman–Crippen LogP) is 6.24. The largest absolute Gasteiger partial charge is 0.457 e. The van der Waals surface area contributed by atoms with Crippen LogP contribution in [0.3, 0.4) is 0 Å². The third-order valence-electron chi connectivity index (χ3n) is 5.46. The molecule has 3 unspecified atom stereocenters. The Morgan fingerprint density at radius 3 is 2.61 bits per heavy atom. The summed E-state index contributed by atoms with van der Waals surface area (Å²) in [4.78, 5) is 26.8. The number of thioether (sulfide) groups is 1. The van der Waals surface area contributed by atoms with Gasteiger partial charge in [-0.3, -0.25) is 9.78 Å². The molecule has 0 aliphatic carbocycles. The molecule has 0 saturated heterocycles. The first-order valence-corrected chi connectivity index (χ1v) is 12.9. The van der Waals surface area contributed by atoms with Gasteiger partial charge >= 0.3 is 12.1 Å². The minimum atomic E-state index is -4.51. The summed E-state index contributed by atoms with van der Waals surface area (Å²) in [6.07, 6.45) is -1.71. The predicted molar refractivity (Wildman–Crippen MR) is 131 cm³/mol. The van der Waals surface area contributed by atoms with E-state index in [2.05, 4.69) is 15.0 Å². The SMILES string of the molecule is CCC(OC(=O)C(CSc1nc2cccnc2s1)C(O)c1cccnc1)c1cccc(C(F)(F)F)c1. The van der Waals surface area contributed by atoms with E-state index in [1.807, 2.05) is 6.07 Å². The van der Waals surface area contributed by atoms with Crippen molar-refractivity contribution in [2.75, 3.05) is 5.75 Å². The van der Waals surface area contributed by atoms with Gasteiger partial charge in [0.25, 0.3) is 0 Å². The lowest BCUT2D eigenvalue weighted by Gasteiger charge is -2.25. The van der Waals surface area contributed by atoms with Gasteiger partial charge in [0.2, 0.25) is 0 Å². The zero-order valence-electron chi connectivity index (χ0n) is 19.1. The zero-order valence-corrected chi connectivity index (χ0v) is 20.7. The van der Waals surface area contributed by atoms with Crippen molar-refractivity contribution in [1.82, 2.24) is 15.0 Å². The Hall–Kier alpha value is -3.02. The van der Waals surface area contributed by atoms with Crippen molar-refractivity contribution in [3.05, 3.63) is 83.8 Å². The first kappa shape index (κ1) is 26.1. The molecule has 4 rings (SSSR count). The van der Waals surface area contributed by atoms with E-state index in [0.717, 1.165) is 22.5 Å². The van der Waals surface area contributed by atoms with Gasteiger partial charge in [-0.25, -0.2) is 9.97 Å². The van der Waals surface area contributed by atoms with Crippen LogP contribution in [0.2, 0.25) is 0 Å². The second kappa shape index (κ2) is 11.4. The lowest BCUT2D eigenvalue weighted by molar-refractivity contribution is -0.157. The van der Waals surface area contributed by atoms with Crippen molar-refractivity contribution >= 4 is 39.4 Å². The molecule has 1 aromatic carbocycles. The maximum Gasteiger partial charge on any atom is 0.416 e. The molecule has 0 bridgehead atoms. The van der Waals surface area contributed by atoms with Gasteiger partial charge in [0.15, 0.2) is 4.34 Å². The number of thiazole rings is 1. The van der Waals surface area contributed by atoms with Crippen LogP contribution in [-0.2, 0) is 15.7 Å². The maximum atomic E-state index is 13.3. The second-order valence-corrected chi connectivity index (χ2v) is 10.2. The molecule has 0 aliphatic rings. The molecule has 4 aromatic rings. The Labute approximate surface area is 213 Å². The Kier molecular flexibility index (Phi) is 8.22. The number of fused-ring (bicyclic) bond motifs is 1. The van der Waals surface area contributed by atoms with Gasteiger partial charge in [-0.1, -0.05) is 48.2 Å². The molecule has 0 radical (unpaired) electrons. The van der Waals surface area contributed by atoms with Crippen LogP contribution in [0.4, 0.5) is 13.2 Å². The number of hydrogen-bond acceptors (Lipinski definition) is 8. The topological polar surface area (TPSA) is 85.2 Å². The molecule has 0 aliphatic heterocycles. The zero-order chi connectivity index (χ0) is 25.7. The number of halogens is 3. The van der Waals surface area contributed by atoms with Crippen molar-refractivity contribution in [3.63, 3.8) is 0 Å². The number of rotatable bonds is 9. The standard InChI is InChI=1S/C25H22F3N3O3S2/c1-2-20(15-6-3-8-17(12-15)25(26,27)28)34-23(33)18(21(32)16-7-4-10-29-13-16)14-35-24-31-19-9-5-11-30-22(19)36-24/h3-13,18,20-21,32H,2,14H2,1H3. The number of pyridine rings is 2. The van der Waals surface area contributed by atoms with Gasteiger partial charge in [-0.05, 0) is 47.9 Å². The van der Waals surface area contributed by atoms with E-state index in [9.17, 15) is 23.1 Å². The number of benzene rings is 1. The molecule has 11 heteroatoms. The summed E-state index contributed by atoms with van der Waals surface area (Å²) in [5.74, 6) is -1.60. The lowest BCUT2D eigenvalue weighted by atomic mass is 9.98. The fourth-order valence-electron chi connectivity index (χ4n) is 3.57. The number of alkyl halides is 3. The van der Waals surface area contributed by atoms with Crippen LogP contribution in [0.25, 0.3) is 10.3 Å². The van der Waals surface area contributed by atoms with Crippen LogP contribution >= 0.6 is 23.1 Å². The van der Waals surface area contributed by atoms with Crippen molar-refractivity contribution in [2.24, 2.45) is 5.92 Å². The Bertz CT molecular complexity index is 1280. The molecule has 6 nitrogen and oxygen atoms in total. The summed E-state index contributed by atoms with van der Waals surface area (Å²) < 4.78 is 45.9. The molecule has 0 amide bonds. The fourth-order valence-corrected chi connectivity index (χ4v) is 5.70. The van der Waals surface area contributed by atoms with Crippen LogP contribution in [0.15, 0.2) is 71.5 Å². The van der Waals surface area contributed by atoms with Crippen LogP contribution in [0, 0.1) is 5.92 Å². The van der Waals surface area contributed by atoms with Crippen molar-refractivity contribution in [1.29, 1.82) is 0 Å². The number of aromatic nitrogens is 3. The van der Waals surface area contributed by atoms with Gasteiger partial charge < -0.3 is 9.84 Å². The number of aliphatic hydroxyl groups is 1. The second-order valence-electron chi connectivity index (χ2n) is 7.91. The molecule has 3 aromatic heterocycles. The van der Waals surface area contributed by atoms with E-state index in [0.29, 0.717) is 9.90 Å². The third kappa shape index (κ3) is 6.21. The molecule has 0 saturated carbocycles. The van der Waals surface area contributed by atoms with E-state index in [-0.39, 0.29) is 17.7 Å². The average Bonchev–Trinajstić information content (AvgIpc) is 3.30. The van der Waals surface area contributed by atoms with E-state index in [4.69, 9.17) is 4.74 Å². The molecule has 0 fully saturated rings. The number of nitrogens with zero attached hydrogens (tertiary/aromatic N) is 3. The quantitative estimate of drug-likeness (QED) is 0.201. The number of carbonyl (C=O) groups is 1. The van der Waals surface area contributed by atoms with E-state index < -0.39 is 35.8 Å². The number of esters is 1. The Morgan fingerprint density at radius 1 is 1.14 bits per heavy atom. The highest BCUT2D eigenvalue weighted by Crippen LogP contribution is 2.36. The molecule has 1 N–H and O–H groups in total. The highest BCUT2D eigenvalue weighted by molar-refractivity contribution is 8.01. The molecule has 188 valence electrons. The van der Waals surface area contributed by atoms with Crippen LogP contribution < -0.4 is 0 Å². The van der Waals surface area contributed by atoms with Gasteiger partial charge in [-0.2, -0.15) is 13.2 Å². The van der Waals surface area contributed by atoms with Crippen LogP contribution in [0.1, 0.15) is 42.2 Å². The molecule has 3 atom stereocenters. The Balaban J connectivity index is 1.56. The Morgan fingerprint density at radius 2 is 1.92 bits per heavy atom. The fraction of sp³-hybridized carbons (Fsp3) is 0.280. The third-order valence-corrected chi connectivity index (χ3v) is 7.70. The summed E-state index contributed by atoms with van der Waals surface area (Å²) in [6, 6.07) is 11.6. The monoisotopic (exact) mass is 533 g/mol. The van der Waals surface area contributed by atoms with E-state index in [1.165, 1.54) is 41.4 Å². The number of carbonyl (C=O) groups excluding carboxylic acids is 1. The van der Waals surface area contributed by atoms with Crippen molar-refractivity contribution < 1.29 is 27.8 Å². The van der Waals surface area contributed by atoms with E-state index >= 15 is 0 Å². The molecule has 0 spiro atoms. The molecule has 36 heavy (non-hydrogen) atoms. The van der Waals surface area contributed by atoms with Crippen LogP contribution in [-0.4, -0.2) is 31.8 Å². The number of ether oxygens (including phenoxy) is 1. The van der Waals surface area contributed by atoms with Crippen molar-refractivity contribution in [3.8, 4) is 0 Å². The van der Waals surface area contributed by atoms with Gasteiger partial charge in [-0.15, -0.1) is 0 Å². The average molecular weight is 534 g/mol. The van der Waals surface area contributed by atoms with Crippen LogP contribution in [0.5, 0.6) is 0 Å². The summed E-state index contributed by atoms with van der Waals surface area (Å²) in [5.41, 5.74) is 0.576. The smallest absolute Gasteiger partial charge is 0.416 e. The molecule has 3 heterocycles. The highest BCUT2D eigenvalue weighted by atomic mass is 32.2. The van der Waals surface area contributed by atoms with E-state index in [1.54, 1.807) is 37.5 Å². The minimum Gasteiger partial charge on any atom is -0.457 e. The lowest BCUT2D eigenvalue weighted by Crippen LogP contribution is -2.28. The number of hydrogen-bond donors (Lipinski definition) is 1. The minimum absolute atomic E-state index is 0.133. The molecular formula is C25H22F3N3O3S2. The summed E-state index contributed by atoms with van der Waals surface area (Å²) in [5, 5.41) is 11.0. The summed E-state index contributed by atoms with van der Waals surface area (Å²) >= 11 is 2.65. The van der Waals surface area contributed by atoms with Gasteiger partial charge in [0.1, 0.15) is 16.5 Å². The maximum absolute atomic E-state index is 13.3. The normalized spacial score (nSPS) is 14.4. The number of aliphatic hydroxyl groups excluding tert-OH is 1. The highest BCUT2D eigenvalue weighted by Gasteiger charge is 2.34. The summed E-state index contributed by atoms with van der Waals surface area (Å²) in [7, 11) is 0. The first-order valence-electron chi connectivity index (χ1n) is 11.1. The summed E-state index contributed by atoms with van der Waals surface area (Å²) in [6.45, 7) is 1.72. The van der Waals surface area contributed by atoms with Gasteiger partial charge in [0, 0.05) is 24.3 Å². The first-order chi connectivity index (χ1) is 17.3.